The molecule has 8 nitrogen and oxygen atoms in total. The van der Waals surface area contributed by atoms with Gasteiger partial charge in [-0.1, -0.05) is 30.3 Å². The van der Waals surface area contributed by atoms with E-state index in [0.717, 1.165) is 4.90 Å². The number of hydrogen-bond donors (Lipinski definition) is 1. The summed E-state index contributed by atoms with van der Waals surface area (Å²) in [6, 6.07) is 12.1. The fourth-order valence-electron chi connectivity index (χ4n) is 3.45. The third-order valence-electron chi connectivity index (χ3n) is 4.88. The molecule has 8 heteroatoms. The second kappa shape index (κ2) is 8.69. The van der Waals surface area contributed by atoms with Crippen LogP contribution in [0.5, 0.6) is 11.5 Å². The van der Waals surface area contributed by atoms with Crippen LogP contribution >= 0.6 is 0 Å². The number of amides is 1. The van der Waals surface area contributed by atoms with Gasteiger partial charge in [0.2, 0.25) is 0 Å². The van der Waals surface area contributed by atoms with Gasteiger partial charge in [-0.15, -0.1) is 0 Å². The van der Waals surface area contributed by atoms with E-state index in [2.05, 4.69) is 0 Å². The van der Waals surface area contributed by atoms with Crippen molar-refractivity contribution in [3.63, 3.8) is 0 Å². The summed E-state index contributed by atoms with van der Waals surface area (Å²) in [5.41, 5.74) is 0.574. The third-order valence-corrected chi connectivity index (χ3v) is 4.88. The highest BCUT2D eigenvalue weighted by Crippen LogP contribution is 2.43. The summed E-state index contributed by atoms with van der Waals surface area (Å²) < 4.78 is 10.7. The second-order valence-corrected chi connectivity index (χ2v) is 6.59. The van der Waals surface area contributed by atoms with Crippen LogP contribution in [0.25, 0.3) is 5.76 Å². The number of benzene rings is 2. The summed E-state index contributed by atoms with van der Waals surface area (Å²) >= 11 is 0. The normalized spacial score (nSPS) is 17.8. The van der Waals surface area contributed by atoms with Gasteiger partial charge in [0.05, 0.1) is 25.8 Å². The monoisotopic (exact) mass is 410 g/mol. The van der Waals surface area contributed by atoms with Gasteiger partial charge in [0.25, 0.3) is 11.7 Å². The Balaban J connectivity index is 2.24. The number of likely N-dealkylation sites (tertiary alicyclic amines) is 1. The van der Waals surface area contributed by atoms with Crippen molar-refractivity contribution in [2.24, 2.45) is 0 Å². The number of carboxylic acids is 1. The molecule has 30 heavy (non-hydrogen) atoms. The van der Waals surface area contributed by atoms with Crippen molar-refractivity contribution in [3.8, 4) is 11.5 Å². The van der Waals surface area contributed by atoms with Crippen LogP contribution in [0.3, 0.4) is 0 Å². The molecular weight excluding hydrogens is 390 g/mol. The zero-order chi connectivity index (χ0) is 21.8. The first kappa shape index (κ1) is 20.9. The summed E-state index contributed by atoms with van der Waals surface area (Å²) in [4.78, 5) is 37.7. The van der Waals surface area contributed by atoms with E-state index in [-0.39, 0.29) is 17.9 Å². The molecule has 0 radical (unpaired) electrons. The van der Waals surface area contributed by atoms with E-state index in [1.807, 2.05) is 0 Å². The molecule has 0 unspecified atom stereocenters. The van der Waals surface area contributed by atoms with Gasteiger partial charge in [-0.25, -0.2) is 0 Å². The minimum Gasteiger partial charge on any atom is -0.550 e. The van der Waals surface area contributed by atoms with Crippen LogP contribution in [0.4, 0.5) is 0 Å². The van der Waals surface area contributed by atoms with Gasteiger partial charge in [0.15, 0.2) is 0 Å². The van der Waals surface area contributed by atoms with Crippen molar-refractivity contribution >= 4 is 23.4 Å². The van der Waals surface area contributed by atoms with E-state index in [1.165, 1.54) is 14.2 Å². The predicted octanol–water partition coefficient (Wildman–Crippen LogP) is 1.27. The Kier molecular flexibility index (Phi) is 6.06. The number of aliphatic carboxylic acids is 1. The number of carbonyl (C=O) groups is 3. The lowest BCUT2D eigenvalue weighted by Crippen LogP contribution is -2.34. The molecule has 2 aromatic carbocycles. The number of Topliss-reactive ketones (excluding diaryl/α,β-unsaturated/α-hetero) is 1. The van der Waals surface area contributed by atoms with Crippen LogP contribution < -0.4 is 14.6 Å². The van der Waals surface area contributed by atoms with Crippen LogP contribution in [-0.4, -0.2) is 48.4 Å². The van der Waals surface area contributed by atoms with E-state index < -0.39 is 30.1 Å². The quantitative estimate of drug-likeness (QED) is 0.415. The van der Waals surface area contributed by atoms with Gasteiger partial charge < -0.3 is 29.4 Å². The van der Waals surface area contributed by atoms with Crippen LogP contribution in [0.1, 0.15) is 23.6 Å². The van der Waals surface area contributed by atoms with Gasteiger partial charge in [-0.3, -0.25) is 9.59 Å². The summed E-state index contributed by atoms with van der Waals surface area (Å²) in [6.45, 7) is -0.274. The van der Waals surface area contributed by atoms with Crippen molar-refractivity contribution < 1.29 is 34.1 Å². The van der Waals surface area contributed by atoms with Crippen LogP contribution in [0, 0.1) is 0 Å². The van der Waals surface area contributed by atoms with E-state index in [9.17, 15) is 24.6 Å². The Bertz CT molecular complexity index is 1010. The molecular formula is C22H20NO7-. The standard InChI is InChI=1S/C22H21NO7/c1-29-14-8-9-16(30-2)15(12-14)19-18(20(26)13-6-4-3-5-7-13)21(27)22(28)23(19)11-10-17(24)25/h3-9,12,19,26H,10-11H2,1-2H3,(H,24,25)/p-1/t19-/m0/s1. The highest BCUT2D eigenvalue weighted by Gasteiger charge is 2.47. The Morgan fingerprint density at radius 3 is 2.40 bits per heavy atom. The SMILES string of the molecule is COc1ccc(OC)c([C@H]2C(=C(O)c3ccccc3)C(=O)C(=O)N2CCC(=O)[O-])c1. The maximum atomic E-state index is 12.9. The van der Waals surface area contributed by atoms with Crippen LogP contribution in [-0.2, 0) is 14.4 Å². The second-order valence-electron chi connectivity index (χ2n) is 6.59. The molecule has 0 spiro atoms. The number of methoxy groups -OCH3 is 2. The molecule has 1 saturated heterocycles. The minimum absolute atomic E-state index is 0.156. The average Bonchev–Trinajstić information content (AvgIpc) is 3.01. The van der Waals surface area contributed by atoms with Gasteiger partial charge in [0.1, 0.15) is 17.3 Å². The molecule has 0 bridgehead atoms. The van der Waals surface area contributed by atoms with Crippen LogP contribution in [0.2, 0.25) is 0 Å². The fourth-order valence-corrected chi connectivity index (χ4v) is 3.45. The van der Waals surface area contributed by atoms with E-state index >= 15 is 0 Å². The molecule has 3 rings (SSSR count). The number of carboxylic acid groups (broad SMARTS) is 1. The summed E-state index contributed by atoms with van der Waals surface area (Å²) in [5, 5.41) is 21.9. The molecule has 0 saturated carbocycles. The molecule has 1 aliphatic heterocycles. The number of rotatable bonds is 7. The Labute approximate surface area is 173 Å². The number of ether oxygens (including phenoxy) is 2. The molecule has 2 aromatic rings. The number of hydrogen-bond acceptors (Lipinski definition) is 7. The van der Waals surface area contributed by atoms with E-state index in [4.69, 9.17) is 9.47 Å². The highest BCUT2D eigenvalue weighted by molar-refractivity contribution is 6.46. The maximum absolute atomic E-state index is 12.9. The predicted molar refractivity (Wildman–Crippen MR) is 105 cm³/mol. The Morgan fingerprint density at radius 1 is 1.10 bits per heavy atom. The first-order valence-electron chi connectivity index (χ1n) is 9.14. The number of ketones is 1. The van der Waals surface area contributed by atoms with Gasteiger partial charge in [-0.05, 0) is 18.2 Å². The molecule has 0 aromatic heterocycles. The molecule has 1 atom stereocenters. The van der Waals surface area contributed by atoms with Crippen molar-refractivity contribution in [2.75, 3.05) is 20.8 Å². The molecule has 1 N–H and O–H groups in total. The summed E-state index contributed by atoms with van der Waals surface area (Å²) in [6.07, 6.45) is -0.471. The van der Waals surface area contributed by atoms with Crippen molar-refractivity contribution in [1.29, 1.82) is 0 Å². The lowest BCUT2D eigenvalue weighted by molar-refractivity contribution is -0.305. The maximum Gasteiger partial charge on any atom is 0.295 e. The van der Waals surface area contributed by atoms with E-state index in [1.54, 1.807) is 48.5 Å². The van der Waals surface area contributed by atoms with Crippen molar-refractivity contribution in [1.82, 2.24) is 4.90 Å². The Morgan fingerprint density at radius 2 is 1.80 bits per heavy atom. The largest absolute Gasteiger partial charge is 0.550 e. The summed E-state index contributed by atoms with van der Waals surface area (Å²) in [5.74, 6) is -2.76. The number of carbonyl (C=O) groups excluding carboxylic acids is 3. The lowest BCUT2D eigenvalue weighted by Gasteiger charge is -2.27. The van der Waals surface area contributed by atoms with Gasteiger partial charge >= 0.3 is 0 Å². The molecule has 0 aliphatic carbocycles. The fraction of sp³-hybridized carbons (Fsp3) is 0.227. The van der Waals surface area contributed by atoms with Gasteiger partial charge in [-0.2, -0.15) is 0 Å². The van der Waals surface area contributed by atoms with E-state index in [0.29, 0.717) is 22.6 Å². The first-order chi connectivity index (χ1) is 14.4. The number of aliphatic hydroxyl groups is 1. The minimum atomic E-state index is -1.36. The van der Waals surface area contributed by atoms with Gasteiger partial charge in [0, 0.05) is 30.1 Å². The zero-order valence-electron chi connectivity index (χ0n) is 16.5. The third kappa shape index (κ3) is 3.84. The lowest BCUT2D eigenvalue weighted by atomic mass is 9.94. The number of nitrogens with zero attached hydrogens (tertiary/aromatic N) is 1. The van der Waals surface area contributed by atoms with Crippen LogP contribution in [0.15, 0.2) is 54.1 Å². The Hall–Kier alpha value is -3.81. The van der Waals surface area contributed by atoms with Crippen molar-refractivity contribution in [2.45, 2.75) is 12.5 Å². The number of aliphatic hydroxyl groups excluding tert-OH is 1. The molecule has 1 heterocycles. The molecule has 1 aliphatic rings. The smallest absolute Gasteiger partial charge is 0.295 e. The first-order valence-corrected chi connectivity index (χ1v) is 9.14. The summed E-state index contributed by atoms with van der Waals surface area (Å²) in [7, 11) is 2.89. The highest BCUT2D eigenvalue weighted by atomic mass is 16.5. The topological polar surface area (TPSA) is 116 Å². The molecule has 1 fully saturated rings. The molecule has 1 amide bonds. The average molecular weight is 410 g/mol. The molecule has 156 valence electrons. The van der Waals surface area contributed by atoms with Crippen molar-refractivity contribution in [3.05, 3.63) is 65.2 Å². The zero-order valence-corrected chi connectivity index (χ0v) is 16.5.